The molecule has 0 saturated carbocycles. The second-order valence-corrected chi connectivity index (χ2v) is 3.61. The summed E-state index contributed by atoms with van der Waals surface area (Å²) in [5, 5.41) is 0. The van der Waals surface area contributed by atoms with E-state index in [9.17, 15) is 4.79 Å². The van der Waals surface area contributed by atoms with E-state index in [1.807, 2.05) is 31.2 Å². The summed E-state index contributed by atoms with van der Waals surface area (Å²) >= 11 is 0. The summed E-state index contributed by atoms with van der Waals surface area (Å²) in [6, 6.07) is 11.1. The van der Waals surface area contributed by atoms with Crippen molar-refractivity contribution in [1.29, 1.82) is 0 Å². The van der Waals surface area contributed by atoms with E-state index in [1.165, 1.54) is 0 Å². The van der Waals surface area contributed by atoms with Crippen LogP contribution in [0.3, 0.4) is 0 Å². The molecule has 1 aromatic carbocycles. The summed E-state index contributed by atoms with van der Waals surface area (Å²) in [5.74, 6) is -0.421. The number of nitrogens with two attached hydrogens (primary N) is 1. The fraction of sp³-hybridized carbons (Fsp3) is 0.0769. The van der Waals surface area contributed by atoms with Crippen LogP contribution in [0.5, 0.6) is 0 Å². The number of aromatic nitrogens is 1. The molecule has 0 saturated heterocycles. The predicted octanol–water partition coefficient (Wildman–Crippen LogP) is 2.16. The molecule has 3 heteroatoms. The van der Waals surface area contributed by atoms with Gasteiger partial charge in [0.2, 0.25) is 5.91 Å². The van der Waals surface area contributed by atoms with Gasteiger partial charge < -0.3 is 5.73 Å². The lowest BCUT2D eigenvalue weighted by Gasteiger charge is -2.05. The molecule has 0 aliphatic heterocycles. The van der Waals surface area contributed by atoms with Crippen LogP contribution in [0.15, 0.2) is 42.6 Å². The van der Waals surface area contributed by atoms with E-state index in [1.54, 1.807) is 18.3 Å². The Kier molecular flexibility index (Phi) is 2.68. The number of carbonyl (C=O) groups excluding carboxylic acids is 1. The lowest BCUT2D eigenvalue weighted by atomic mass is 10.0. The molecule has 1 aromatic heterocycles. The van der Waals surface area contributed by atoms with Gasteiger partial charge in [0.15, 0.2) is 0 Å². The van der Waals surface area contributed by atoms with E-state index < -0.39 is 5.91 Å². The summed E-state index contributed by atoms with van der Waals surface area (Å²) in [6.45, 7) is 1.99. The highest BCUT2D eigenvalue weighted by atomic mass is 16.1. The van der Waals surface area contributed by atoms with E-state index in [4.69, 9.17) is 5.73 Å². The third kappa shape index (κ3) is 1.93. The van der Waals surface area contributed by atoms with E-state index in [-0.39, 0.29) is 0 Å². The Morgan fingerprint density at radius 2 is 2.06 bits per heavy atom. The zero-order valence-electron chi connectivity index (χ0n) is 8.97. The first-order chi connectivity index (χ1) is 7.68. The second kappa shape index (κ2) is 4.14. The minimum atomic E-state index is -0.421. The largest absolute Gasteiger partial charge is 0.366 e. The molecule has 1 amide bonds. The maximum absolute atomic E-state index is 11.1. The van der Waals surface area contributed by atoms with Gasteiger partial charge >= 0.3 is 0 Å². The Balaban J connectivity index is 2.53. The van der Waals surface area contributed by atoms with Gasteiger partial charge in [0.05, 0.1) is 5.69 Å². The van der Waals surface area contributed by atoms with Gasteiger partial charge in [-0.05, 0) is 30.7 Å². The first-order valence-corrected chi connectivity index (χ1v) is 5.00. The Labute approximate surface area is 93.9 Å². The zero-order valence-corrected chi connectivity index (χ0v) is 8.97. The molecule has 0 aliphatic carbocycles. The molecular formula is C13H12N2O. The minimum Gasteiger partial charge on any atom is -0.366 e. The molecule has 0 atom stereocenters. The summed E-state index contributed by atoms with van der Waals surface area (Å²) in [6.07, 6.45) is 1.74. The average molecular weight is 212 g/mol. The number of pyridine rings is 1. The number of amides is 1. The van der Waals surface area contributed by atoms with Crippen LogP contribution in [0.1, 0.15) is 15.9 Å². The molecule has 3 nitrogen and oxygen atoms in total. The molecule has 80 valence electrons. The third-order valence-electron chi connectivity index (χ3n) is 2.43. The summed E-state index contributed by atoms with van der Waals surface area (Å²) in [4.78, 5) is 15.4. The van der Waals surface area contributed by atoms with Crippen molar-refractivity contribution in [2.45, 2.75) is 6.92 Å². The van der Waals surface area contributed by atoms with Gasteiger partial charge in [-0.15, -0.1) is 0 Å². The van der Waals surface area contributed by atoms with E-state index in [0.717, 1.165) is 16.8 Å². The van der Waals surface area contributed by atoms with Crippen LogP contribution in [-0.4, -0.2) is 10.9 Å². The first kappa shape index (κ1) is 10.4. The topological polar surface area (TPSA) is 56.0 Å². The van der Waals surface area contributed by atoms with Crippen molar-refractivity contribution < 1.29 is 4.79 Å². The van der Waals surface area contributed by atoms with Crippen molar-refractivity contribution in [2.24, 2.45) is 5.73 Å². The van der Waals surface area contributed by atoms with Crippen molar-refractivity contribution >= 4 is 5.91 Å². The van der Waals surface area contributed by atoms with Gasteiger partial charge in [-0.25, -0.2) is 0 Å². The second-order valence-electron chi connectivity index (χ2n) is 3.61. The molecule has 2 rings (SSSR count). The van der Waals surface area contributed by atoms with Crippen LogP contribution >= 0.6 is 0 Å². The minimum absolute atomic E-state index is 0.421. The van der Waals surface area contributed by atoms with Crippen LogP contribution in [0, 0.1) is 6.92 Å². The number of nitrogens with zero attached hydrogens (tertiary/aromatic N) is 1. The molecule has 16 heavy (non-hydrogen) atoms. The van der Waals surface area contributed by atoms with Crippen molar-refractivity contribution in [2.75, 3.05) is 0 Å². The fourth-order valence-electron chi connectivity index (χ4n) is 1.61. The molecule has 0 unspecified atom stereocenters. The van der Waals surface area contributed by atoms with E-state index in [0.29, 0.717) is 5.56 Å². The highest BCUT2D eigenvalue weighted by Crippen LogP contribution is 2.21. The predicted molar refractivity (Wildman–Crippen MR) is 62.9 cm³/mol. The Hall–Kier alpha value is -2.16. The lowest BCUT2D eigenvalue weighted by molar-refractivity contribution is 0.100. The summed E-state index contributed by atoms with van der Waals surface area (Å²) in [5.41, 5.74) is 8.61. The average Bonchev–Trinajstić information content (AvgIpc) is 2.30. The maximum Gasteiger partial charge on any atom is 0.248 e. The normalized spacial score (nSPS) is 10.1. The smallest absolute Gasteiger partial charge is 0.248 e. The Morgan fingerprint density at radius 1 is 1.25 bits per heavy atom. The quantitative estimate of drug-likeness (QED) is 0.829. The maximum atomic E-state index is 11.1. The SMILES string of the molecule is Cc1cccnc1-c1cccc(C(N)=O)c1. The summed E-state index contributed by atoms with van der Waals surface area (Å²) < 4.78 is 0. The molecule has 2 N–H and O–H groups in total. The van der Waals surface area contributed by atoms with Gasteiger partial charge in [0, 0.05) is 17.3 Å². The zero-order chi connectivity index (χ0) is 11.5. The van der Waals surface area contributed by atoms with E-state index in [2.05, 4.69) is 4.98 Å². The van der Waals surface area contributed by atoms with Crippen LogP contribution in [0.4, 0.5) is 0 Å². The van der Waals surface area contributed by atoms with Crippen LogP contribution in [-0.2, 0) is 0 Å². The van der Waals surface area contributed by atoms with Gasteiger partial charge in [-0.2, -0.15) is 0 Å². The van der Waals surface area contributed by atoms with Crippen LogP contribution in [0.25, 0.3) is 11.3 Å². The van der Waals surface area contributed by atoms with Crippen molar-refractivity contribution in [1.82, 2.24) is 4.98 Å². The number of carbonyl (C=O) groups is 1. The van der Waals surface area contributed by atoms with Gasteiger partial charge in [0.1, 0.15) is 0 Å². The van der Waals surface area contributed by atoms with Crippen molar-refractivity contribution in [3.8, 4) is 11.3 Å². The number of hydrogen-bond donors (Lipinski definition) is 1. The Morgan fingerprint density at radius 3 is 2.75 bits per heavy atom. The molecule has 0 fully saturated rings. The molecule has 0 aliphatic rings. The molecular weight excluding hydrogens is 200 g/mol. The number of aryl methyl sites for hydroxylation is 1. The van der Waals surface area contributed by atoms with Crippen molar-refractivity contribution in [3.63, 3.8) is 0 Å². The molecule has 0 bridgehead atoms. The number of rotatable bonds is 2. The lowest BCUT2D eigenvalue weighted by Crippen LogP contribution is -2.10. The summed E-state index contributed by atoms with van der Waals surface area (Å²) in [7, 11) is 0. The third-order valence-corrected chi connectivity index (χ3v) is 2.43. The highest BCUT2D eigenvalue weighted by Gasteiger charge is 2.05. The van der Waals surface area contributed by atoms with E-state index >= 15 is 0 Å². The molecule has 2 aromatic rings. The monoisotopic (exact) mass is 212 g/mol. The molecule has 1 heterocycles. The van der Waals surface area contributed by atoms with Crippen molar-refractivity contribution in [3.05, 3.63) is 53.7 Å². The van der Waals surface area contributed by atoms with Gasteiger partial charge in [0.25, 0.3) is 0 Å². The first-order valence-electron chi connectivity index (χ1n) is 5.00. The molecule has 0 spiro atoms. The number of benzene rings is 1. The van der Waals surface area contributed by atoms with Crippen LogP contribution in [0.2, 0.25) is 0 Å². The van der Waals surface area contributed by atoms with Crippen LogP contribution < -0.4 is 5.73 Å². The number of hydrogen-bond acceptors (Lipinski definition) is 2. The number of primary amides is 1. The standard InChI is InChI=1S/C13H12N2O/c1-9-4-3-7-15-12(9)10-5-2-6-11(8-10)13(14)16/h2-8H,1H3,(H2,14,16). The van der Waals surface area contributed by atoms with Gasteiger partial charge in [-0.3, -0.25) is 9.78 Å². The van der Waals surface area contributed by atoms with Gasteiger partial charge in [-0.1, -0.05) is 18.2 Å². The fourth-order valence-corrected chi connectivity index (χ4v) is 1.61. The molecule has 0 radical (unpaired) electrons. The Bertz CT molecular complexity index is 535. The highest BCUT2D eigenvalue weighted by molar-refractivity contribution is 5.94.